The van der Waals surface area contributed by atoms with E-state index in [1.165, 1.54) is 27.3 Å². The van der Waals surface area contributed by atoms with E-state index in [1.54, 1.807) is 0 Å². The van der Waals surface area contributed by atoms with Gasteiger partial charge in [0.15, 0.2) is 5.78 Å². The Morgan fingerprint density at radius 2 is 1.86 bits per heavy atom. The van der Waals surface area contributed by atoms with Crippen LogP contribution in [0.3, 0.4) is 0 Å². The van der Waals surface area contributed by atoms with E-state index in [2.05, 4.69) is 32.6 Å². The van der Waals surface area contributed by atoms with E-state index >= 15 is 0 Å². The monoisotopic (exact) mass is 314 g/mol. The number of fused-ring (bicyclic) bond motifs is 1. The summed E-state index contributed by atoms with van der Waals surface area (Å²) >= 11 is 1.93. The number of hydrogen-bond donors (Lipinski definition) is 0. The molecule has 0 saturated heterocycles. The molecule has 0 N–H and O–H groups in total. The highest BCUT2D eigenvalue weighted by Crippen LogP contribution is 2.39. The lowest BCUT2D eigenvalue weighted by atomic mass is 9.83. The van der Waals surface area contributed by atoms with Gasteiger partial charge in [-0.1, -0.05) is 32.1 Å². The summed E-state index contributed by atoms with van der Waals surface area (Å²) < 4.78 is 0. The number of ketones is 1. The molecule has 2 heteroatoms. The fourth-order valence-electron chi connectivity index (χ4n) is 3.33. The quantitative estimate of drug-likeness (QED) is 0.691. The highest BCUT2D eigenvalue weighted by atomic mass is 32.2. The fourth-order valence-corrected chi connectivity index (χ4v) is 4.45. The molecule has 22 heavy (non-hydrogen) atoms. The largest absolute Gasteiger partial charge is 0.294 e. The zero-order chi connectivity index (χ0) is 16.3. The average Bonchev–Trinajstić information content (AvgIpc) is 2.99. The van der Waals surface area contributed by atoms with Crippen molar-refractivity contribution in [2.75, 3.05) is 5.75 Å². The summed E-state index contributed by atoms with van der Waals surface area (Å²) in [5, 5.41) is 0. The number of thioether (sulfide) groups is 1. The Labute approximate surface area is 138 Å². The van der Waals surface area contributed by atoms with Gasteiger partial charge in [-0.3, -0.25) is 4.79 Å². The van der Waals surface area contributed by atoms with Crippen LogP contribution >= 0.6 is 11.8 Å². The van der Waals surface area contributed by atoms with Gasteiger partial charge in [0.25, 0.3) is 0 Å². The minimum atomic E-state index is 0.271. The molecule has 0 unspecified atom stereocenters. The van der Waals surface area contributed by atoms with Gasteiger partial charge in [-0.25, -0.2) is 0 Å². The summed E-state index contributed by atoms with van der Waals surface area (Å²) in [7, 11) is 0. The Bertz CT molecular complexity index is 637. The molecule has 0 atom stereocenters. The van der Waals surface area contributed by atoms with Crippen LogP contribution in [0.2, 0.25) is 0 Å². The molecule has 0 amide bonds. The van der Waals surface area contributed by atoms with Gasteiger partial charge in [0.05, 0.1) is 0 Å². The van der Waals surface area contributed by atoms with Crippen LogP contribution in [0.25, 0.3) is 5.57 Å². The summed E-state index contributed by atoms with van der Waals surface area (Å²) in [6.07, 6.45) is 3.83. The van der Waals surface area contributed by atoms with E-state index < -0.39 is 0 Å². The lowest BCUT2D eigenvalue weighted by Gasteiger charge is -2.20. The SMILES string of the molecule is C=C(C1=C(C)CCCC1=O)c1ccc2c(c1C)CCS2.CC. The Kier molecular flexibility index (Phi) is 5.69. The van der Waals surface area contributed by atoms with Crippen molar-refractivity contribution in [3.8, 4) is 0 Å². The zero-order valence-electron chi connectivity index (χ0n) is 14.2. The number of rotatable bonds is 2. The van der Waals surface area contributed by atoms with E-state index in [-0.39, 0.29) is 5.78 Å². The lowest BCUT2D eigenvalue weighted by molar-refractivity contribution is -0.115. The number of allylic oxidation sites excluding steroid dienone is 3. The third-order valence-corrected chi connectivity index (χ3v) is 5.55. The van der Waals surface area contributed by atoms with Crippen molar-refractivity contribution in [3.63, 3.8) is 0 Å². The molecule has 2 aliphatic rings. The minimum absolute atomic E-state index is 0.271. The molecule has 118 valence electrons. The predicted octanol–water partition coefficient (Wildman–Crippen LogP) is 5.75. The van der Waals surface area contributed by atoms with E-state index in [1.807, 2.05) is 25.6 Å². The number of Topliss-reactive ketones (excluding diaryl/α,β-unsaturated/α-hetero) is 1. The minimum Gasteiger partial charge on any atom is -0.294 e. The standard InChI is InChI=1S/C18H20OS.C2H6/c1-11-5-4-6-16(19)18(11)13(3)14-7-8-17-15(12(14)2)9-10-20-17;1-2/h7-8H,3-6,9-10H2,1-2H3;1-2H3. The molecule has 1 nitrogen and oxygen atoms in total. The highest BCUT2D eigenvalue weighted by Gasteiger charge is 2.24. The van der Waals surface area contributed by atoms with Crippen LogP contribution in [0, 0.1) is 6.92 Å². The van der Waals surface area contributed by atoms with Crippen LogP contribution < -0.4 is 0 Å². The van der Waals surface area contributed by atoms with Crippen LogP contribution in [0.1, 0.15) is 56.7 Å². The van der Waals surface area contributed by atoms with Crippen LogP contribution in [0.15, 0.2) is 34.8 Å². The second-order valence-electron chi connectivity index (χ2n) is 5.72. The predicted molar refractivity (Wildman–Crippen MR) is 97.5 cm³/mol. The summed E-state index contributed by atoms with van der Waals surface area (Å²) in [6, 6.07) is 4.35. The van der Waals surface area contributed by atoms with Crippen LogP contribution in [-0.4, -0.2) is 11.5 Å². The molecule has 1 aliphatic heterocycles. The second-order valence-corrected chi connectivity index (χ2v) is 6.86. The van der Waals surface area contributed by atoms with Gasteiger partial charge in [0, 0.05) is 22.6 Å². The maximum absolute atomic E-state index is 12.2. The van der Waals surface area contributed by atoms with Crippen molar-refractivity contribution in [2.45, 2.75) is 58.3 Å². The molecule has 0 saturated carbocycles. The van der Waals surface area contributed by atoms with Gasteiger partial charge in [-0.05, 0) is 61.4 Å². The van der Waals surface area contributed by atoms with Crippen molar-refractivity contribution in [3.05, 3.63) is 46.5 Å². The zero-order valence-corrected chi connectivity index (χ0v) is 15.0. The van der Waals surface area contributed by atoms with Gasteiger partial charge >= 0.3 is 0 Å². The third-order valence-electron chi connectivity index (χ3n) is 4.45. The summed E-state index contributed by atoms with van der Waals surface area (Å²) in [4.78, 5) is 13.6. The molecule has 0 bridgehead atoms. The van der Waals surface area contributed by atoms with E-state index in [4.69, 9.17) is 0 Å². The number of carbonyl (C=O) groups excluding carboxylic acids is 1. The fraction of sp³-hybridized carbons (Fsp3) is 0.450. The number of benzene rings is 1. The summed E-state index contributed by atoms with van der Waals surface area (Å²) in [5.74, 6) is 1.44. The first-order valence-corrected chi connectivity index (χ1v) is 9.26. The Hall–Kier alpha value is -1.28. The first-order chi connectivity index (χ1) is 10.6. The van der Waals surface area contributed by atoms with Gasteiger partial charge < -0.3 is 0 Å². The van der Waals surface area contributed by atoms with E-state index in [0.717, 1.165) is 36.0 Å². The molecular weight excluding hydrogens is 288 g/mol. The molecule has 0 spiro atoms. The van der Waals surface area contributed by atoms with Crippen molar-refractivity contribution >= 4 is 23.1 Å². The van der Waals surface area contributed by atoms with Crippen molar-refractivity contribution in [1.29, 1.82) is 0 Å². The Morgan fingerprint density at radius 3 is 2.55 bits per heavy atom. The first kappa shape index (κ1) is 17.1. The molecule has 1 heterocycles. The molecule has 0 radical (unpaired) electrons. The molecule has 1 aromatic carbocycles. The topological polar surface area (TPSA) is 17.1 Å². The number of carbonyl (C=O) groups is 1. The van der Waals surface area contributed by atoms with Gasteiger partial charge in [0.1, 0.15) is 0 Å². The molecule has 0 aromatic heterocycles. The summed E-state index contributed by atoms with van der Waals surface area (Å²) in [6.45, 7) is 12.5. The second kappa shape index (κ2) is 7.32. The average molecular weight is 314 g/mol. The van der Waals surface area contributed by atoms with E-state index in [0.29, 0.717) is 6.42 Å². The molecule has 1 aliphatic carbocycles. The smallest absolute Gasteiger partial charge is 0.163 e. The summed E-state index contributed by atoms with van der Waals surface area (Å²) in [5.41, 5.74) is 6.97. The highest BCUT2D eigenvalue weighted by molar-refractivity contribution is 7.99. The van der Waals surface area contributed by atoms with Gasteiger partial charge in [0.2, 0.25) is 0 Å². The normalized spacial score (nSPS) is 17.0. The van der Waals surface area contributed by atoms with E-state index in [9.17, 15) is 4.79 Å². The Balaban J connectivity index is 0.000000847. The van der Waals surface area contributed by atoms with Crippen LogP contribution in [0.4, 0.5) is 0 Å². The first-order valence-electron chi connectivity index (χ1n) is 8.27. The third kappa shape index (κ3) is 3.08. The Morgan fingerprint density at radius 1 is 1.14 bits per heavy atom. The molecule has 1 aromatic rings. The van der Waals surface area contributed by atoms with Crippen molar-refractivity contribution in [1.82, 2.24) is 0 Å². The maximum Gasteiger partial charge on any atom is 0.163 e. The molecule has 3 rings (SSSR count). The number of hydrogen-bond acceptors (Lipinski definition) is 2. The molecular formula is C20H26OS. The van der Waals surface area contributed by atoms with Gasteiger partial charge in [-0.2, -0.15) is 0 Å². The van der Waals surface area contributed by atoms with Crippen LogP contribution in [-0.2, 0) is 11.2 Å². The molecule has 0 fully saturated rings. The van der Waals surface area contributed by atoms with Gasteiger partial charge in [-0.15, -0.1) is 11.8 Å². The van der Waals surface area contributed by atoms with Crippen molar-refractivity contribution in [2.24, 2.45) is 0 Å². The lowest BCUT2D eigenvalue weighted by Crippen LogP contribution is -2.12. The van der Waals surface area contributed by atoms with Crippen LogP contribution in [0.5, 0.6) is 0 Å². The van der Waals surface area contributed by atoms with Crippen molar-refractivity contribution < 1.29 is 4.79 Å². The maximum atomic E-state index is 12.2.